The van der Waals surface area contributed by atoms with Crippen LogP contribution in [0.5, 0.6) is 0 Å². The molecule has 0 amide bonds. The summed E-state index contributed by atoms with van der Waals surface area (Å²) in [5.41, 5.74) is 3.09. The first kappa shape index (κ1) is 18.9. The Morgan fingerprint density at radius 2 is 1.96 bits per heavy atom. The molecule has 1 spiro atoms. The van der Waals surface area contributed by atoms with Crippen LogP contribution < -0.4 is 0 Å². The second-order valence-electron chi connectivity index (χ2n) is 8.37. The number of nitrogens with one attached hydrogen (secondary N) is 1. The number of H-pyrrole nitrogens is 1. The molecule has 4 rings (SSSR count). The van der Waals surface area contributed by atoms with Crippen molar-refractivity contribution in [1.29, 1.82) is 0 Å². The van der Waals surface area contributed by atoms with Crippen LogP contribution in [0.3, 0.4) is 0 Å². The quantitative estimate of drug-likeness (QED) is 0.812. The number of hydrogen-bond donors (Lipinski definition) is 1. The molecule has 0 aliphatic carbocycles. The van der Waals surface area contributed by atoms with E-state index >= 15 is 0 Å². The summed E-state index contributed by atoms with van der Waals surface area (Å²) in [6.07, 6.45) is 4.59. The number of nitrogens with zero attached hydrogens (tertiary/aromatic N) is 2. The van der Waals surface area contributed by atoms with Crippen LogP contribution >= 0.6 is 0 Å². The number of methoxy groups -OCH3 is 2. The summed E-state index contributed by atoms with van der Waals surface area (Å²) in [7, 11) is 3.64. The van der Waals surface area contributed by atoms with E-state index in [-0.39, 0.29) is 0 Å². The highest BCUT2D eigenvalue weighted by Crippen LogP contribution is 2.45. The van der Waals surface area contributed by atoms with Gasteiger partial charge in [-0.25, -0.2) is 0 Å². The van der Waals surface area contributed by atoms with Gasteiger partial charge in [0.2, 0.25) is 0 Å². The Bertz CT molecular complexity index is 736. The van der Waals surface area contributed by atoms with Gasteiger partial charge in [-0.15, -0.1) is 0 Å². The summed E-state index contributed by atoms with van der Waals surface area (Å²) in [5.74, 6) is 0.648. The molecule has 148 valence electrons. The Kier molecular flexibility index (Phi) is 5.83. The van der Waals surface area contributed by atoms with Crippen molar-refractivity contribution in [2.24, 2.45) is 11.3 Å². The standard InChI is InChI=1S/C22H33N3O2/c1-26-13-12-25-15-19(16-27-2)22(17-25)7-10-24(11-8-22)14-18-4-3-5-21-20(18)6-9-23-21/h3-6,9,19,23H,7-8,10-17H2,1-2H3/t19-/m1/s1. The number of fused-ring (bicyclic) bond motifs is 1. The van der Waals surface area contributed by atoms with Gasteiger partial charge < -0.3 is 19.4 Å². The number of piperidine rings is 1. The van der Waals surface area contributed by atoms with E-state index in [9.17, 15) is 0 Å². The zero-order valence-corrected chi connectivity index (χ0v) is 16.7. The lowest BCUT2D eigenvalue weighted by Gasteiger charge is -2.42. The summed E-state index contributed by atoms with van der Waals surface area (Å²) < 4.78 is 10.9. The normalized spacial score (nSPS) is 23.6. The van der Waals surface area contributed by atoms with Gasteiger partial charge in [0.1, 0.15) is 0 Å². The molecule has 0 radical (unpaired) electrons. The molecule has 2 saturated heterocycles. The minimum absolute atomic E-state index is 0.417. The Labute approximate surface area is 162 Å². The molecule has 1 N–H and O–H groups in total. The first-order valence-electron chi connectivity index (χ1n) is 10.2. The predicted molar refractivity (Wildman–Crippen MR) is 109 cm³/mol. The molecule has 1 aromatic carbocycles. The van der Waals surface area contributed by atoms with Crippen LogP contribution in [0.1, 0.15) is 18.4 Å². The number of ether oxygens (including phenoxy) is 2. The van der Waals surface area contributed by atoms with E-state index < -0.39 is 0 Å². The van der Waals surface area contributed by atoms with Gasteiger partial charge in [0, 0.05) is 63.4 Å². The summed E-state index contributed by atoms with van der Waals surface area (Å²) >= 11 is 0. The van der Waals surface area contributed by atoms with Gasteiger partial charge in [0.25, 0.3) is 0 Å². The second kappa shape index (κ2) is 8.31. The third kappa shape index (κ3) is 3.92. The van der Waals surface area contributed by atoms with Gasteiger partial charge in [-0.05, 0) is 49.0 Å². The van der Waals surface area contributed by atoms with E-state index in [2.05, 4.69) is 39.0 Å². The molecule has 3 heterocycles. The largest absolute Gasteiger partial charge is 0.384 e. The number of hydrogen-bond acceptors (Lipinski definition) is 4. The van der Waals surface area contributed by atoms with Crippen LogP contribution in [0.25, 0.3) is 10.9 Å². The summed E-state index contributed by atoms with van der Waals surface area (Å²) in [4.78, 5) is 8.55. The van der Waals surface area contributed by atoms with E-state index in [0.29, 0.717) is 11.3 Å². The van der Waals surface area contributed by atoms with E-state index in [1.54, 1.807) is 7.11 Å². The highest BCUT2D eigenvalue weighted by molar-refractivity contribution is 5.82. The maximum atomic E-state index is 5.59. The van der Waals surface area contributed by atoms with Gasteiger partial charge in [-0.2, -0.15) is 0 Å². The maximum absolute atomic E-state index is 5.59. The average molecular weight is 372 g/mol. The molecular weight excluding hydrogens is 338 g/mol. The number of aromatic nitrogens is 1. The van der Waals surface area contributed by atoms with Crippen LogP contribution in [0.15, 0.2) is 30.5 Å². The lowest BCUT2D eigenvalue weighted by atomic mass is 9.71. The molecule has 2 aromatic rings. The van der Waals surface area contributed by atoms with Crippen molar-refractivity contribution in [3.63, 3.8) is 0 Å². The molecule has 1 aromatic heterocycles. The first-order valence-corrected chi connectivity index (χ1v) is 10.2. The van der Waals surface area contributed by atoms with Crippen molar-refractivity contribution >= 4 is 10.9 Å². The van der Waals surface area contributed by atoms with Crippen molar-refractivity contribution in [1.82, 2.24) is 14.8 Å². The lowest BCUT2D eigenvalue weighted by molar-refractivity contribution is 0.0349. The number of rotatable bonds is 7. The second-order valence-corrected chi connectivity index (χ2v) is 8.37. The van der Waals surface area contributed by atoms with Crippen molar-refractivity contribution in [3.8, 4) is 0 Å². The molecule has 1 atom stereocenters. The fourth-order valence-corrected chi connectivity index (χ4v) is 5.22. The zero-order chi connectivity index (χ0) is 18.7. The fraction of sp³-hybridized carbons (Fsp3) is 0.636. The molecule has 2 aliphatic rings. The molecular formula is C22H33N3O2. The molecule has 2 fully saturated rings. The highest BCUT2D eigenvalue weighted by Gasteiger charge is 2.47. The average Bonchev–Trinajstić information content (AvgIpc) is 3.29. The van der Waals surface area contributed by atoms with Crippen LogP contribution in [-0.2, 0) is 16.0 Å². The fourth-order valence-electron chi connectivity index (χ4n) is 5.22. The Morgan fingerprint density at radius 1 is 1.11 bits per heavy atom. The van der Waals surface area contributed by atoms with Crippen LogP contribution in [0.4, 0.5) is 0 Å². The third-order valence-corrected chi connectivity index (χ3v) is 6.79. The summed E-state index contributed by atoms with van der Waals surface area (Å²) in [5, 5.41) is 1.36. The van der Waals surface area contributed by atoms with Crippen LogP contribution in [0, 0.1) is 11.3 Å². The Morgan fingerprint density at radius 3 is 2.74 bits per heavy atom. The van der Waals surface area contributed by atoms with Gasteiger partial charge >= 0.3 is 0 Å². The van der Waals surface area contributed by atoms with Crippen molar-refractivity contribution in [3.05, 3.63) is 36.0 Å². The van der Waals surface area contributed by atoms with E-state index in [1.807, 2.05) is 13.3 Å². The van der Waals surface area contributed by atoms with Gasteiger partial charge in [-0.1, -0.05) is 12.1 Å². The van der Waals surface area contributed by atoms with E-state index in [4.69, 9.17) is 9.47 Å². The molecule has 5 nitrogen and oxygen atoms in total. The maximum Gasteiger partial charge on any atom is 0.0589 e. The smallest absolute Gasteiger partial charge is 0.0589 e. The van der Waals surface area contributed by atoms with E-state index in [0.717, 1.165) is 32.8 Å². The number of benzene rings is 1. The summed E-state index contributed by atoms with van der Waals surface area (Å²) in [6.45, 7) is 8.50. The lowest BCUT2D eigenvalue weighted by Crippen LogP contribution is -2.45. The van der Waals surface area contributed by atoms with Gasteiger partial charge in [0.05, 0.1) is 13.2 Å². The van der Waals surface area contributed by atoms with Gasteiger partial charge in [0.15, 0.2) is 0 Å². The molecule has 27 heavy (non-hydrogen) atoms. The predicted octanol–water partition coefficient (Wildman–Crippen LogP) is 2.97. The molecule has 2 aliphatic heterocycles. The van der Waals surface area contributed by atoms with E-state index in [1.165, 1.54) is 48.9 Å². The molecule has 0 unspecified atom stereocenters. The molecule has 0 bridgehead atoms. The Hall–Kier alpha value is -1.40. The first-order chi connectivity index (χ1) is 13.2. The SMILES string of the molecule is COCCN1C[C@H](COC)C2(CCN(Cc3cccc4[nH]ccc34)CC2)C1. The molecule has 0 saturated carbocycles. The number of aromatic amines is 1. The minimum atomic E-state index is 0.417. The van der Waals surface area contributed by atoms with Crippen molar-refractivity contribution < 1.29 is 9.47 Å². The third-order valence-electron chi connectivity index (χ3n) is 6.79. The van der Waals surface area contributed by atoms with Crippen molar-refractivity contribution in [2.75, 3.05) is 60.2 Å². The highest BCUT2D eigenvalue weighted by atomic mass is 16.5. The topological polar surface area (TPSA) is 40.7 Å². The van der Waals surface area contributed by atoms with Crippen LogP contribution in [-0.4, -0.2) is 74.9 Å². The van der Waals surface area contributed by atoms with Crippen LogP contribution in [0.2, 0.25) is 0 Å². The minimum Gasteiger partial charge on any atom is -0.384 e. The monoisotopic (exact) mass is 371 g/mol. The molecule has 5 heteroatoms. The number of likely N-dealkylation sites (tertiary alicyclic amines) is 2. The zero-order valence-electron chi connectivity index (χ0n) is 16.7. The van der Waals surface area contributed by atoms with Crippen molar-refractivity contribution in [2.45, 2.75) is 19.4 Å². The summed E-state index contributed by atoms with van der Waals surface area (Å²) in [6, 6.07) is 8.80. The Balaban J connectivity index is 1.40. The van der Waals surface area contributed by atoms with Gasteiger partial charge in [-0.3, -0.25) is 4.90 Å².